The fourth-order valence-electron chi connectivity index (χ4n) is 4.51. The van der Waals surface area contributed by atoms with Crippen molar-refractivity contribution in [3.05, 3.63) is 34.8 Å². The van der Waals surface area contributed by atoms with E-state index in [2.05, 4.69) is 10.00 Å². The number of hydrogen-bond donors (Lipinski definition) is 0. The molecule has 3 aromatic rings. The molecule has 0 bridgehead atoms. The number of thiophene rings is 1. The van der Waals surface area contributed by atoms with Crippen LogP contribution in [0.3, 0.4) is 0 Å². The largest absolute Gasteiger partial charge is 0.336 e. The van der Waals surface area contributed by atoms with Crippen molar-refractivity contribution < 1.29 is 4.79 Å². The normalized spacial score (nSPS) is 20.4. The average molecular weight is 382 g/mol. The standard InChI is InChI=1S/C20H23N5OS/c1-13-18-15(20(26)25-9-8-24-7-3-5-14(24)12-25)11-16(17-6-4-10-27-17)21-19(18)23(2)22-13/h4,6,10-11,14H,3,5,7-9,12H2,1-2H3/t14-/m1/s1. The molecule has 0 N–H and O–H groups in total. The van der Waals surface area contributed by atoms with Crippen molar-refractivity contribution in [1.82, 2.24) is 24.6 Å². The van der Waals surface area contributed by atoms with Gasteiger partial charge in [0.2, 0.25) is 0 Å². The Morgan fingerprint density at radius 3 is 3.00 bits per heavy atom. The van der Waals surface area contributed by atoms with E-state index >= 15 is 0 Å². The lowest BCUT2D eigenvalue weighted by atomic mass is 10.1. The van der Waals surface area contributed by atoms with Gasteiger partial charge in [-0.25, -0.2) is 4.98 Å². The van der Waals surface area contributed by atoms with Gasteiger partial charge in [0.05, 0.1) is 27.2 Å². The zero-order chi connectivity index (χ0) is 18.5. The smallest absolute Gasteiger partial charge is 0.254 e. The number of carbonyl (C=O) groups excluding carboxylic acids is 1. The molecule has 140 valence electrons. The van der Waals surface area contributed by atoms with Crippen LogP contribution in [0.4, 0.5) is 0 Å². The zero-order valence-corrected chi connectivity index (χ0v) is 16.5. The summed E-state index contributed by atoms with van der Waals surface area (Å²) in [6.07, 6.45) is 2.44. The maximum Gasteiger partial charge on any atom is 0.254 e. The Morgan fingerprint density at radius 1 is 1.30 bits per heavy atom. The van der Waals surface area contributed by atoms with Crippen LogP contribution in [0, 0.1) is 6.92 Å². The number of fused-ring (bicyclic) bond motifs is 2. The van der Waals surface area contributed by atoms with E-state index in [4.69, 9.17) is 4.98 Å². The van der Waals surface area contributed by atoms with E-state index in [-0.39, 0.29) is 5.91 Å². The van der Waals surface area contributed by atoms with Gasteiger partial charge in [-0.1, -0.05) is 6.07 Å². The van der Waals surface area contributed by atoms with Crippen molar-refractivity contribution in [2.24, 2.45) is 7.05 Å². The Bertz CT molecular complexity index is 1010. The third kappa shape index (κ3) is 2.76. The number of pyridine rings is 1. The molecular formula is C20H23N5OS. The second kappa shape index (κ2) is 6.42. The molecule has 27 heavy (non-hydrogen) atoms. The van der Waals surface area contributed by atoms with Crippen LogP contribution in [0.5, 0.6) is 0 Å². The minimum Gasteiger partial charge on any atom is -0.336 e. The van der Waals surface area contributed by atoms with E-state index in [1.807, 2.05) is 42.5 Å². The van der Waals surface area contributed by atoms with E-state index in [1.165, 1.54) is 19.4 Å². The molecule has 2 aliphatic heterocycles. The minimum absolute atomic E-state index is 0.114. The summed E-state index contributed by atoms with van der Waals surface area (Å²) in [5.41, 5.74) is 3.23. The Kier molecular flexibility index (Phi) is 4.02. The van der Waals surface area contributed by atoms with Gasteiger partial charge in [-0.05, 0) is 43.8 Å². The molecule has 7 heteroatoms. The number of amides is 1. The summed E-state index contributed by atoms with van der Waals surface area (Å²) in [5.74, 6) is 0.114. The highest BCUT2D eigenvalue weighted by Gasteiger charge is 2.34. The summed E-state index contributed by atoms with van der Waals surface area (Å²) in [6.45, 7) is 5.74. The Hall–Kier alpha value is -2.25. The van der Waals surface area contributed by atoms with Crippen LogP contribution < -0.4 is 0 Å². The van der Waals surface area contributed by atoms with E-state index < -0.39 is 0 Å². The molecule has 5 rings (SSSR count). The maximum absolute atomic E-state index is 13.5. The highest BCUT2D eigenvalue weighted by atomic mass is 32.1. The highest BCUT2D eigenvalue weighted by molar-refractivity contribution is 7.13. The fourth-order valence-corrected chi connectivity index (χ4v) is 5.20. The predicted octanol–water partition coefficient (Wildman–Crippen LogP) is 2.93. The van der Waals surface area contributed by atoms with Crippen LogP contribution >= 0.6 is 11.3 Å². The number of piperazine rings is 1. The molecule has 0 aromatic carbocycles. The van der Waals surface area contributed by atoms with Gasteiger partial charge in [0, 0.05) is 32.7 Å². The first-order chi connectivity index (χ1) is 13.1. The second-order valence-electron chi connectivity index (χ2n) is 7.52. The topological polar surface area (TPSA) is 54.3 Å². The molecule has 0 spiro atoms. The number of carbonyl (C=O) groups is 1. The Morgan fingerprint density at radius 2 is 2.19 bits per heavy atom. The van der Waals surface area contributed by atoms with Crippen molar-refractivity contribution in [3.8, 4) is 10.6 Å². The summed E-state index contributed by atoms with van der Waals surface area (Å²) in [4.78, 5) is 24.0. The molecule has 2 fully saturated rings. The van der Waals surface area contributed by atoms with Crippen LogP contribution in [-0.4, -0.2) is 62.7 Å². The lowest BCUT2D eigenvalue weighted by molar-refractivity contribution is 0.0573. The summed E-state index contributed by atoms with van der Waals surface area (Å²) in [6, 6.07) is 6.55. The minimum atomic E-state index is 0.114. The number of hydrogen-bond acceptors (Lipinski definition) is 5. The molecule has 1 amide bonds. The lowest BCUT2D eigenvalue weighted by Gasteiger charge is -2.37. The molecule has 5 heterocycles. The molecule has 2 saturated heterocycles. The van der Waals surface area contributed by atoms with Crippen LogP contribution in [0.25, 0.3) is 21.6 Å². The van der Waals surface area contributed by atoms with Gasteiger partial charge in [-0.3, -0.25) is 14.4 Å². The fraction of sp³-hybridized carbons (Fsp3) is 0.450. The lowest BCUT2D eigenvalue weighted by Crippen LogP contribution is -2.52. The van der Waals surface area contributed by atoms with Crippen LogP contribution in [0.1, 0.15) is 28.9 Å². The number of rotatable bonds is 2. The van der Waals surface area contributed by atoms with Gasteiger partial charge in [-0.15, -0.1) is 11.3 Å². The van der Waals surface area contributed by atoms with Gasteiger partial charge >= 0.3 is 0 Å². The zero-order valence-electron chi connectivity index (χ0n) is 15.7. The van der Waals surface area contributed by atoms with Crippen LogP contribution in [0.2, 0.25) is 0 Å². The molecule has 6 nitrogen and oxygen atoms in total. The second-order valence-corrected chi connectivity index (χ2v) is 8.47. The highest BCUT2D eigenvalue weighted by Crippen LogP contribution is 2.31. The van der Waals surface area contributed by atoms with E-state index in [0.717, 1.165) is 52.5 Å². The molecule has 1 atom stereocenters. The number of aryl methyl sites for hydroxylation is 2. The molecule has 2 aliphatic rings. The summed E-state index contributed by atoms with van der Waals surface area (Å²) in [5, 5.41) is 7.46. The summed E-state index contributed by atoms with van der Waals surface area (Å²) < 4.78 is 1.79. The monoisotopic (exact) mass is 381 g/mol. The molecule has 0 saturated carbocycles. The van der Waals surface area contributed by atoms with Gasteiger partial charge in [-0.2, -0.15) is 5.10 Å². The first-order valence-electron chi connectivity index (χ1n) is 9.53. The SMILES string of the molecule is Cc1nn(C)c2nc(-c3cccs3)cc(C(=O)N3CCN4CCC[C@@H]4C3)c12. The Balaban J connectivity index is 1.59. The van der Waals surface area contributed by atoms with Gasteiger partial charge in [0.25, 0.3) is 5.91 Å². The predicted molar refractivity (Wildman–Crippen MR) is 107 cm³/mol. The van der Waals surface area contributed by atoms with Gasteiger partial charge in [0.1, 0.15) is 0 Å². The van der Waals surface area contributed by atoms with Crippen molar-refractivity contribution in [1.29, 1.82) is 0 Å². The van der Waals surface area contributed by atoms with E-state index in [9.17, 15) is 4.79 Å². The first-order valence-corrected chi connectivity index (χ1v) is 10.4. The molecular weight excluding hydrogens is 358 g/mol. The molecule has 3 aromatic heterocycles. The van der Waals surface area contributed by atoms with Gasteiger partial charge < -0.3 is 4.90 Å². The number of nitrogens with zero attached hydrogens (tertiary/aromatic N) is 5. The van der Waals surface area contributed by atoms with E-state index in [0.29, 0.717) is 6.04 Å². The summed E-state index contributed by atoms with van der Waals surface area (Å²) >= 11 is 1.64. The quantitative estimate of drug-likeness (QED) is 0.685. The third-order valence-corrected chi connectivity index (χ3v) is 6.74. The number of aromatic nitrogens is 3. The van der Waals surface area contributed by atoms with E-state index in [1.54, 1.807) is 16.0 Å². The van der Waals surface area contributed by atoms with Crippen molar-refractivity contribution in [3.63, 3.8) is 0 Å². The summed E-state index contributed by atoms with van der Waals surface area (Å²) in [7, 11) is 1.89. The molecule has 0 radical (unpaired) electrons. The van der Waals surface area contributed by atoms with Crippen molar-refractivity contribution in [2.75, 3.05) is 26.2 Å². The van der Waals surface area contributed by atoms with Crippen LogP contribution in [-0.2, 0) is 7.05 Å². The average Bonchev–Trinajstić information content (AvgIpc) is 3.41. The first kappa shape index (κ1) is 16.9. The van der Waals surface area contributed by atoms with Crippen LogP contribution in [0.15, 0.2) is 23.6 Å². The third-order valence-electron chi connectivity index (χ3n) is 5.85. The molecule has 0 unspecified atom stereocenters. The molecule has 0 aliphatic carbocycles. The maximum atomic E-state index is 13.5. The van der Waals surface area contributed by atoms with Gasteiger partial charge in [0.15, 0.2) is 5.65 Å². The van der Waals surface area contributed by atoms with Crippen molar-refractivity contribution >= 4 is 28.3 Å². The van der Waals surface area contributed by atoms with Crippen molar-refractivity contribution in [2.45, 2.75) is 25.8 Å². The Labute approximate surface area is 162 Å².